The normalized spacial score (nSPS) is 18.5. The fraction of sp³-hybridized carbons (Fsp3) is 0.364. The summed E-state index contributed by atoms with van der Waals surface area (Å²) in [5.74, 6) is 0.647. The quantitative estimate of drug-likeness (QED) is 0.667. The predicted octanol–water partition coefficient (Wildman–Crippen LogP) is 1.55. The molecule has 14 heavy (non-hydrogen) atoms. The maximum absolute atomic E-state index is 10.6. The molecule has 0 radical (unpaired) electrons. The van der Waals surface area contributed by atoms with Gasteiger partial charge in [-0.3, -0.25) is 4.79 Å². The highest BCUT2D eigenvalue weighted by Crippen LogP contribution is 2.27. The van der Waals surface area contributed by atoms with Crippen LogP contribution in [-0.4, -0.2) is 18.7 Å². The summed E-state index contributed by atoms with van der Waals surface area (Å²) in [6.07, 6.45) is 0.806. The molecule has 1 aromatic rings. The first kappa shape index (κ1) is 9.06. The van der Waals surface area contributed by atoms with Crippen molar-refractivity contribution in [3.63, 3.8) is 0 Å². The number of para-hydroxylation sites is 1. The third kappa shape index (κ3) is 1.87. The lowest BCUT2D eigenvalue weighted by molar-refractivity contribution is -0.143. The Balaban J connectivity index is 1.95. The van der Waals surface area contributed by atoms with Gasteiger partial charge in [-0.1, -0.05) is 18.2 Å². The highest BCUT2D eigenvalue weighted by Gasteiger charge is 2.22. The number of rotatable bonds is 2. The van der Waals surface area contributed by atoms with Crippen molar-refractivity contribution in [2.45, 2.75) is 19.4 Å². The molecule has 3 nitrogen and oxygen atoms in total. The van der Waals surface area contributed by atoms with Crippen LogP contribution in [0.3, 0.4) is 0 Å². The molecule has 1 heterocycles. The molecule has 1 aromatic carbocycles. The Labute approximate surface area is 82.6 Å². The fourth-order valence-corrected chi connectivity index (χ4v) is 1.56. The minimum absolute atomic E-state index is 0.0173. The second kappa shape index (κ2) is 3.70. The van der Waals surface area contributed by atoms with Gasteiger partial charge in [0.1, 0.15) is 18.5 Å². The first-order valence-corrected chi connectivity index (χ1v) is 4.63. The Hall–Kier alpha value is -1.51. The minimum atomic E-state index is -0.260. The average Bonchev–Trinajstić information content (AvgIpc) is 2.57. The number of carbonyl (C=O) groups excluding carboxylic acids is 1. The minimum Gasteiger partial charge on any atom is -0.486 e. The van der Waals surface area contributed by atoms with Crippen LogP contribution in [0.15, 0.2) is 24.3 Å². The van der Waals surface area contributed by atoms with E-state index >= 15 is 0 Å². The van der Waals surface area contributed by atoms with Gasteiger partial charge in [-0.15, -0.1) is 0 Å². The summed E-state index contributed by atoms with van der Waals surface area (Å²) in [5, 5.41) is 0. The van der Waals surface area contributed by atoms with Gasteiger partial charge in [-0.25, -0.2) is 0 Å². The summed E-state index contributed by atoms with van der Waals surface area (Å²) < 4.78 is 10.5. The zero-order valence-corrected chi connectivity index (χ0v) is 8.03. The van der Waals surface area contributed by atoms with Gasteiger partial charge in [0.25, 0.3) is 0 Å². The Morgan fingerprint density at radius 3 is 3.07 bits per heavy atom. The van der Waals surface area contributed by atoms with E-state index in [4.69, 9.17) is 9.47 Å². The van der Waals surface area contributed by atoms with Crippen LogP contribution in [0, 0.1) is 0 Å². The molecule has 0 bridgehead atoms. The largest absolute Gasteiger partial charge is 0.486 e. The number of hydrogen-bond acceptors (Lipinski definition) is 3. The van der Waals surface area contributed by atoms with Crippen LogP contribution in [0.5, 0.6) is 5.75 Å². The number of carbonyl (C=O) groups is 1. The van der Waals surface area contributed by atoms with E-state index in [1.807, 2.05) is 24.3 Å². The molecule has 1 aliphatic rings. The van der Waals surface area contributed by atoms with Crippen LogP contribution in [0.25, 0.3) is 0 Å². The van der Waals surface area contributed by atoms with Crippen molar-refractivity contribution in [2.75, 3.05) is 6.61 Å². The summed E-state index contributed by atoms with van der Waals surface area (Å²) in [6.45, 7) is 1.74. The van der Waals surface area contributed by atoms with Crippen molar-refractivity contribution in [1.82, 2.24) is 0 Å². The van der Waals surface area contributed by atoms with Gasteiger partial charge >= 0.3 is 5.97 Å². The molecule has 0 aromatic heterocycles. The molecule has 0 unspecified atom stereocenters. The molecule has 74 valence electrons. The van der Waals surface area contributed by atoms with Gasteiger partial charge in [0, 0.05) is 13.3 Å². The van der Waals surface area contributed by atoms with Crippen molar-refractivity contribution in [3.8, 4) is 5.75 Å². The van der Waals surface area contributed by atoms with Gasteiger partial charge in [-0.2, -0.15) is 0 Å². The van der Waals surface area contributed by atoms with Gasteiger partial charge < -0.3 is 9.47 Å². The van der Waals surface area contributed by atoms with E-state index in [0.29, 0.717) is 6.61 Å². The maximum Gasteiger partial charge on any atom is 0.302 e. The molecule has 0 spiro atoms. The first-order valence-electron chi connectivity index (χ1n) is 4.63. The lowest BCUT2D eigenvalue weighted by atomic mass is 10.1. The summed E-state index contributed by atoms with van der Waals surface area (Å²) in [7, 11) is 0. The molecule has 2 rings (SSSR count). The average molecular weight is 192 g/mol. The van der Waals surface area contributed by atoms with E-state index in [0.717, 1.165) is 12.2 Å². The molecule has 0 aliphatic carbocycles. The van der Waals surface area contributed by atoms with E-state index in [1.54, 1.807) is 0 Å². The molecule has 1 aliphatic heterocycles. The molecule has 0 N–H and O–H groups in total. The van der Waals surface area contributed by atoms with Crippen LogP contribution in [0.1, 0.15) is 12.5 Å². The Morgan fingerprint density at radius 2 is 2.36 bits per heavy atom. The van der Waals surface area contributed by atoms with E-state index in [2.05, 4.69) is 0 Å². The van der Waals surface area contributed by atoms with Crippen molar-refractivity contribution >= 4 is 5.97 Å². The Bertz CT molecular complexity index is 321. The number of hydrogen-bond donors (Lipinski definition) is 0. The second-order valence-electron chi connectivity index (χ2n) is 3.35. The molecule has 0 saturated carbocycles. The van der Waals surface area contributed by atoms with Crippen molar-refractivity contribution in [1.29, 1.82) is 0 Å². The van der Waals surface area contributed by atoms with Crippen molar-refractivity contribution in [3.05, 3.63) is 29.8 Å². The molecule has 1 atom stereocenters. The lowest BCUT2D eigenvalue weighted by Gasteiger charge is -2.09. The van der Waals surface area contributed by atoms with Crippen molar-refractivity contribution in [2.24, 2.45) is 0 Å². The lowest BCUT2D eigenvalue weighted by Crippen LogP contribution is -2.21. The third-order valence-corrected chi connectivity index (χ3v) is 2.19. The monoisotopic (exact) mass is 192 g/mol. The summed E-state index contributed by atoms with van der Waals surface area (Å²) in [5.41, 5.74) is 1.18. The number of benzene rings is 1. The van der Waals surface area contributed by atoms with Gasteiger partial charge in [0.2, 0.25) is 0 Å². The fourth-order valence-electron chi connectivity index (χ4n) is 1.56. The summed E-state index contributed by atoms with van der Waals surface area (Å²) >= 11 is 0. The van der Waals surface area contributed by atoms with Crippen LogP contribution in [0.4, 0.5) is 0 Å². The smallest absolute Gasteiger partial charge is 0.302 e. The van der Waals surface area contributed by atoms with Gasteiger partial charge in [0.15, 0.2) is 0 Å². The highest BCUT2D eigenvalue weighted by molar-refractivity contribution is 5.65. The molecular weight excluding hydrogens is 180 g/mol. The Morgan fingerprint density at radius 1 is 1.57 bits per heavy atom. The molecular formula is C11H12O3. The maximum atomic E-state index is 10.6. The van der Waals surface area contributed by atoms with E-state index in [-0.39, 0.29) is 12.1 Å². The van der Waals surface area contributed by atoms with Crippen LogP contribution < -0.4 is 4.74 Å². The first-order chi connectivity index (χ1) is 6.75. The van der Waals surface area contributed by atoms with E-state index in [1.165, 1.54) is 12.5 Å². The molecule has 0 amide bonds. The number of esters is 1. The summed E-state index contributed by atoms with van der Waals surface area (Å²) in [6, 6.07) is 7.88. The van der Waals surface area contributed by atoms with Crippen LogP contribution >= 0.6 is 0 Å². The SMILES string of the molecule is CC(=O)OC[C@@H]1Cc2ccccc2O1. The molecule has 0 fully saturated rings. The zero-order chi connectivity index (χ0) is 9.97. The van der Waals surface area contributed by atoms with Gasteiger partial charge in [-0.05, 0) is 11.6 Å². The zero-order valence-electron chi connectivity index (χ0n) is 8.03. The second-order valence-corrected chi connectivity index (χ2v) is 3.35. The summed E-state index contributed by atoms with van der Waals surface area (Å²) in [4.78, 5) is 10.6. The molecule has 3 heteroatoms. The molecule has 0 saturated heterocycles. The number of ether oxygens (including phenoxy) is 2. The number of fused-ring (bicyclic) bond motifs is 1. The van der Waals surface area contributed by atoms with Crippen LogP contribution in [0.2, 0.25) is 0 Å². The third-order valence-electron chi connectivity index (χ3n) is 2.19. The predicted molar refractivity (Wildman–Crippen MR) is 51.2 cm³/mol. The standard InChI is InChI=1S/C11H12O3/c1-8(12)13-7-10-6-9-4-2-3-5-11(9)14-10/h2-5,10H,6-7H2,1H3/t10-/m0/s1. The van der Waals surface area contributed by atoms with E-state index in [9.17, 15) is 4.79 Å². The Kier molecular flexibility index (Phi) is 2.39. The van der Waals surface area contributed by atoms with E-state index < -0.39 is 0 Å². The topological polar surface area (TPSA) is 35.5 Å². The highest BCUT2D eigenvalue weighted by atomic mass is 16.6. The van der Waals surface area contributed by atoms with Crippen molar-refractivity contribution < 1.29 is 14.3 Å². The van der Waals surface area contributed by atoms with Crippen LogP contribution in [-0.2, 0) is 16.0 Å². The van der Waals surface area contributed by atoms with Gasteiger partial charge in [0.05, 0.1) is 0 Å².